The molecule has 10 nitrogen and oxygen atoms in total. The molecule has 176 valence electrons. The van der Waals surface area contributed by atoms with Gasteiger partial charge in [-0.1, -0.05) is 6.07 Å². The minimum Gasteiger partial charge on any atom is -0.307 e. The maximum atomic E-state index is 13.0. The monoisotopic (exact) mass is 479 g/mol. The van der Waals surface area contributed by atoms with Crippen molar-refractivity contribution in [1.82, 2.24) is 29.0 Å². The van der Waals surface area contributed by atoms with Crippen molar-refractivity contribution in [3.05, 3.63) is 53.1 Å². The molecular weight excluding hydrogens is 454 g/mol. The van der Waals surface area contributed by atoms with Crippen molar-refractivity contribution in [2.75, 3.05) is 11.9 Å². The number of anilines is 1. The first-order valence-corrected chi connectivity index (χ1v) is 13.1. The molecule has 2 aliphatic heterocycles. The van der Waals surface area contributed by atoms with Gasteiger partial charge in [0.15, 0.2) is 5.82 Å². The molecule has 6 rings (SSSR count). The van der Waals surface area contributed by atoms with Gasteiger partial charge in [-0.05, 0) is 61.9 Å². The fourth-order valence-corrected chi connectivity index (χ4v) is 6.56. The van der Waals surface area contributed by atoms with Crippen LogP contribution in [0.15, 0.2) is 30.5 Å². The summed E-state index contributed by atoms with van der Waals surface area (Å²) in [6.45, 7) is 2.87. The Morgan fingerprint density at radius 1 is 1.12 bits per heavy atom. The molecule has 34 heavy (non-hydrogen) atoms. The van der Waals surface area contributed by atoms with Gasteiger partial charge in [-0.2, -0.15) is 4.31 Å². The van der Waals surface area contributed by atoms with Gasteiger partial charge in [0, 0.05) is 31.7 Å². The van der Waals surface area contributed by atoms with Crippen LogP contribution in [-0.2, 0) is 29.4 Å². The quantitative estimate of drug-likeness (QED) is 0.596. The lowest BCUT2D eigenvalue weighted by Gasteiger charge is -2.28. The first kappa shape index (κ1) is 21.4. The number of aryl methyl sites for hydroxylation is 1. The van der Waals surface area contributed by atoms with Crippen molar-refractivity contribution in [3.63, 3.8) is 0 Å². The minimum atomic E-state index is -3.26. The molecule has 1 N–H and O–H groups in total. The number of carbonyl (C=O) groups is 1. The number of carbonyl (C=O) groups excluding carboxylic acids is 1. The van der Waals surface area contributed by atoms with Gasteiger partial charge in [0.2, 0.25) is 10.0 Å². The smallest absolute Gasteiger partial charge is 0.275 e. The second kappa shape index (κ2) is 7.95. The molecule has 3 aliphatic rings. The summed E-state index contributed by atoms with van der Waals surface area (Å²) in [6, 6.07) is 7.39. The molecule has 1 saturated carbocycles. The van der Waals surface area contributed by atoms with Crippen LogP contribution in [0.5, 0.6) is 0 Å². The predicted octanol–water partition coefficient (Wildman–Crippen LogP) is 2.34. The first-order chi connectivity index (χ1) is 16.4. The average Bonchev–Trinajstić information content (AvgIpc) is 3.53. The molecule has 3 aromatic heterocycles. The van der Waals surface area contributed by atoms with Gasteiger partial charge in [-0.25, -0.2) is 13.4 Å². The van der Waals surface area contributed by atoms with Crippen LogP contribution in [-0.4, -0.2) is 55.2 Å². The highest BCUT2D eigenvalue weighted by Gasteiger charge is 2.41. The van der Waals surface area contributed by atoms with Gasteiger partial charge < -0.3 is 9.88 Å². The van der Waals surface area contributed by atoms with E-state index in [4.69, 9.17) is 0 Å². The van der Waals surface area contributed by atoms with E-state index in [9.17, 15) is 13.2 Å². The van der Waals surface area contributed by atoms with Crippen molar-refractivity contribution in [3.8, 4) is 11.5 Å². The number of nitrogens with zero attached hydrogens (tertiary/aromatic N) is 6. The number of hydrogen-bond donors (Lipinski definition) is 1. The molecule has 0 saturated heterocycles. The lowest BCUT2D eigenvalue weighted by atomic mass is 10.0. The van der Waals surface area contributed by atoms with Crippen LogP contribution in [0.4, 0.5) is 5.82 Å². The van der Waals surface area contributed by atoms with E-state index in [1.807, 2.05) is 12.1 Å². The lowest BCUT2D eigenvalue weighted by molar-refractivity contribution is 0.102. The maximum Gasteiger partial charge on any atom is 0.275 e. The van der Waals surface area contributed by atoms with E-state index in [1.54, 1.807) is 18.3 Å². The molecule has 0 radical (unpaired) electrons. The number of nitrogens with one attached hydrogen (secondary N) is 1. The van der Waals surface area contributed by atoms with Crippen LogP contribution in [0, 0.1) is 0 Å². The fourth-order valence-electron chi connectivity index (χ4n) is 4.74. The molecular formula is C23H25N7O3S. The third-order valence-electron chi connectivity index (χ3n) is 6.81. The maximum absolute atomic E-state index is 13.0. The summed E-state index contributed by atoms with van der Waals surface area (Å²) in [5, 5.41) is 11.1. The van der Waals surface area contributed by atoms with Gasteiger partial charge in [0.05, 0.1) is 5.25 Å². The Kier molecular flexibility index (Phi) is 4.99. The summed E-state index contributed by atoms with van der Waals surface area (Å²) in [7, 11) is -3.26. The SMILES string of the molecule is C[C@@H]1CCc2nnc(-c3cccc(NC(=O)c4cc5c(cn4)CCN(S(=O)(=O)C4CC4)C5)n3)n21. The highest BCUT2D eigenvalue weighted by molar-refractivity contribution is 7.90. The third kappa shape index (κ3) is 3.68. The van der Waals surface area contributed by atoms with Crippen LogP contribution in [0.3, 0.4) is 0 Å². The average molecular weight is 480 g/mol. The van der Waals surface area contributed by atoms with E-state index in [2.05, 4.69) is 37.0 Å². The third-order valence-corrected chi connectivity index (χ3v) is 9.16. The molecule has 1 amide bonds. The van der Waals surface area contributed by atoms with Gasteiger partial charge in [-0.3, -0.25) is 9.78 Å². The number of sulfonamides is 1. The van der Waals surface area contributed by atoms with Crippen molar-refractivity contribution in [1.29, 1.82) is 0 Å². The normalized spacial score (nSPS) is 20.1. The number of fused-ring (bicyclic) bond motifs is 2. The highest BCUT2D eigenvalue weighted by Crippen LogP contribution is 2.34. The summed E-state index contributed by atoms with van der Waals surface area (Å²) in [5.74, 6) is 1.65. The molecule has 0 spiro atoms. The Hall–Kier alpha value is -3.18. The van der Waals surface area contributed by atoms with Gasteiger partial charge >= 0.3 is 0 Å². The zero-order valence-corrected chi connectivity index (χ0v) is 19.6. The Morgan fingerprint density at radius 3 is 2.79 bits per heavy atom. The van der Waals surface area contributed by atoms with Crippen molar-refractivity contribution < 1.29 is 13.2 Å². The van der Waals surface area contributed by atoms with E-state index in [-0.39, 0.29) is 17.5 Å². The summed E-state index contributed by atoms with van der Waals surface area (Å²) in [5.41, 5.74) is 2.68. The Bertz CT molecular complexity index is 1400. The van der Waals surface area contributed by atoms with E-state index >= 15 is 0 Å². The molecule has 11 heteroatoms. The summed E-state index contributed by atoms with van der Waals surface area (Å²) in [6.07, 6.45) is 5.67. The molecule has 1 atom stereocenters. The van der Waals surface area contributed by atoms with Crippen LogP contribution >= 0.6 is 0 Å². The number of amides is 1. The zero-order valence-electron chi connectivity index (χ0n) is 18.8. The van der Waals surface area contributed by atoms with Gasteiger partial charge in [0.1, 0.15) is 23.0 Å². The number of hydrogen-bond acceptors (Lipinski definition) is 7. The van der Waals surface area contributed by atoms with E-state index < -0.39 is 15.9 Å². The van der Waals surface area contributed by atoms with Crippen molar-refractivity contribution >= 4 is 21.7 Å². The Labute approximate surface area is 197 Å². The molecule has 1 fully saturated rings. The van der Waals surface area contributed by atoms with Crippen molar-refractivity contribution in [2.45, 2.75) is 56.9 Å². The summed E-state index contributed by atoms with van der Waals surface area (Å²) in [4.78, 5) is 21.9. The van der Waals surface area contributed by atoms with E-state index in [0.717, 1.165) is 42.6 Å². The van der Waals surface area contributed by atoms with Crippen LogP contribution in [0.25, 0.3) is 11.5 Å². The largest absolute Gasteiger partial charge is 0.307 e. The topological polar surface area (TPSA) is 123 Å². The zero-order chi connectivity index (χ0) is 23.4. The second-order valence-corrected chi connectivity index (χ2v) is 11.4. The highest BCUT2D eigenvalue weighted by atomic mass is 32.2. The standard InChI is InChI=1S/C23H25N7O3S/c1-14-5-8-21-27-28-22(30(14)21)18-3-2-4-20(25-18)26-23(31)19-11-16-13-29(10-9-15(16)12-24-19)34(32,33)17-6-7-17/h2-4,11-12,14,17H,5-10,13H2,1H3,(H,25,26,31)/t14-/m1/s1. The lowest BCUT2D eigenvalue weighted by Crippen LogP contribution is -2.38. The molecule has 3 aromatic rings. The number of pyridine rings is 2. The number of aromatic nitrogens is 5. The van der Waals surface area contributed by atoms with Crippen molar-refractivity contribution in [2.24, 2.45) is 0 Å². The predicted molar refractivity (Wildman–Crippen MR) is 125 cm³/mol. The second-order valence-electron chi connectivity index (χ2n) is 9.23. The Balaban J connectivity index is 1.22. The van der Waals surface area contributed by atoms with Crippen LogP contribution in [0.1, 0.15) is 59.7 Å². The molecule has 0 bridgehead atoms. The van der Waals surface area contributed by atoms with Crippen LogP contribution < -0.4 is 5.32 Å². The van der Waals surface area contributed by atoms with E-state index in [0.29, 0.717) is 36.3 Å². The minimum absolute atomic E-state index is 0.230. The fraction of sp³-hybridized carbons (Fsp3) is 0.435. The van der Waals surface area contributed by atoms with E-state index in [1.165, 1.54) is 4.31 Å². The molecule has 0 aromatic carbocycles. The van der Waals surface area contributed by atoms with Gasteiger partial charge in [0.25, 0.3) is 5.91 Å². The first-order valence-electron chi connectivity index (χ1n) is 11.6. The summed E-state index contributed by atoms with van der Waals surface area (Å²) < 4.78 is 28.9. The summed E-state index contributed by atoms with van der Waals surface area (Å²) >= 11 is 0. The number of rotatable bonds is 5. The molecule has 1 aliphatic carbocycles. The molecule has 0 unspecified atom stereocenters. The Morgan fingerprint density at radius 2 is 1.97 bits per heavy atom. The van der Waals surface area contributed by atoms with Gasteiger partial charge in [-0.15, -0.1) is 10.2 Å². The molecule has 5 heterocycles. The van der Waals surface area contributed by atoms with Crippen LogP contribution in [0.2, 0.25) is 0 Å².